The molecule has 4 unspecified atom stereocenters. The predicted octanol–water partition coefficient (Wildman–Crippen LogP) is 2.45. The summed E-state index contributed by atoms with van der Waals surface area (Å²) in [7, 11) is 0. The third-order valence-corrected chi connectivity index (χ3v) is 7.10. The SMILES string of the molecule is CC1C2N(CC3CC3)CC23C(=O)c2ccc(N)cc2C13C. The number of anilines is 1. The highest BCUT2D eigenvalue weighted by Crippen LogP contribution is 2.73. The molecule has 0 aromatic heterocycles. The van der Waals surface area contributed by atoms with Gasteiger partial charge in [-0.05, 0) is 48.4 Å². The quantitative estimate of drug-likeness (QED) is 0.848. The maximum Gasteiger partial charge on any atom is 0.173 e. The van der Waals surface area contributed by atoms with E-state index in [2.05, 4.69) is 24.8 Å². The molecular formula is C18H22N2O. The van der Waals surface area contributed by atoms with Crippen molar-refractivity contribution in [1.29, 1.82) is 0 Å². The number of rotatable bonds is 2. The maximum absolute atomic E-state index is 13.1. The van der Waals surface area contributed by atoms with E-state index in [1.54, 1.807) is 0 Å². The van der Waals surface area contributed by atoms with Crippen LogP contribution in [0.15, 0.2) is 18.2 Å². The Hall–Kier alpha value is -1.35. The molecule has 3 aliphatic carbocycles. The van der Waals surface area contributed by atoms with Crippen molar-refractivity contribution in [2.45, 2.75) is 38.1 Å². The first kappa shape index (κ1) is 12.2. The van der Waals surface area contributed by atoms with Gasteiger partial charge in [-0.3, -0.25) is 9.69 Å². The molecule has 4 atom stereocenters. The summed E-state index contributed by atoms with van der Waals surface area (Å²) in [5.74, 6) is 1.82. The van der Waals surface area contributed by atoms with Gasteiger partial charge in [0.1, 0.15) is 0 Å². The zero-order valence-corrected chi connectivity index (χ0v) is 12.7. The van der Waals surface area contributed by atoms with Crippen LogP contribution in [0.1, 0.15) is 42.6 Å². The molecule has 1 heterocycles. The summed E-state index contributed by atoms with van der Waals surface area (Å²) in [5.41, 5.74) is 8.78. The van der Waals surface area contributed by atoms with Crippen LogP contribution in [0.25, 0.3) is 0 Å². The van der Waals surface area contributed by atoms with Crippen LogP contribution in [-0.4, -0.2) is 29.8 Å². The summed E-state index contributed by atoms with van der Waals surface area (Å²) in [4.78, 5) is 15.7. The first-order chi connectivity index (χ1) is 10.00. The van der Waals surface area contributed by atoms with E-state index in [0.717, 1.165) is 23.7 Å². The number of carbonyl (C=O) groups excluding carboxylic acids is 1. The van der Waals surface area contributed by atoms with Crippen LogP contribution in [0.5, 0.6) is 0 Å². The molecule has 1 aromatic rings. The van der Waals surface area contributed by atoms with E-state index in [1.165, 1.54) is 24.9 Å². The normalized spacial score (nSPS) is 43.6. The van der Waals surface area contributed by atoms with Crippen molar-refractivity contribution in [3.05, 3.63) is 29.3 Å². The number of Topliss-reactive ketones (excluding diaryl/α,β-unsaturated/α-hetero) is 1. The van der Waals surface area contributed by atoms with Crippen LogP contribution in [0, 0.1) is 17.3 Å². The largest absolute Gasteiger partial charge is 0.399 e. The fourth-order valence-corrected chi connectivity index (χ4v) is 5.72. The molecule has 0 radical (unpaired) electrons. The summed E-state index contributed by atoms with van der Waals surface area (Å²) in [6.07, 6.45) is 2.76. The highest BCUT2D eigenvalue weighted by Gasteiger charge is 2.81. The van der Waals surface area contributed by atoms with E-state index in [9.17, 15) is 4.79 Å². The zero-order valence-electron chi connectivity index (χ0n) is 12.7. The molecule has 5 rings (SSSR count). The first-order valence-corrected chi connectivity index (χ1v) is 8.19. The van der Waals surface area contributed by atoms with E-state index in [4.69, 9.17) is 5.73 Å². The van der Waals surface area contributed by atoms with E-state index in [0.29, 0.717) is 17.7 Å². The summed E-state index contributed by atoms with van der Waals surface area (Å²) in [6.45, 7) is 6.79. The summed E-state index contributed by atoms with van der Waals surface area (Å²) >= 11 is 0. The number of ketones is 1. The fraction of sp³-hybridized carbons (Fsp3) is 0.611. The minimum Gasteiger partial charge on any atom is -0.399 e. The number of hydrogen-bond acceptors (Lipinski definition) is 3. The van der Waals surface area contributed by atoms with Crippen LogP contribution in [-0.2, 0) is 5.41 Å². The van der Waals surface area contributed by atoms with Gasteiger partial charge < -0.3 is 5.73 Å². The Labute approximate surface area is 125 Å². The number of nitrogens with two attached hydrogens (primary N) is 1. The summed E-state index contributed by atoms with van der Waals surface area (Å²) in [5, 5.41) is 0. The minimum absolute atomic E-state index is 0.000482. The molecule has 1 aromatic carbocycles. The van der Waals surface area contributed by atoms with Crippen molar-refractivity contribution in [2.24, 2.45) is 17.3 Å². The lowest BCUT2D eigenvalue weighted by Crippen LogP contribution is -2.85. The van der Waals surface area contributed by atoms with E-state index >= 15 is 0 Å². The molecule has 3 nitrogen and oxygen atoms in total. The average Bonchev–Trinajstić information content (AvgIpc) is 3.22. The molecule has 2 saturated carbocycles. The van der Waals surface area contributed by atoms with Crippen molar-refractivity contribution in [3.63, 3.8) is 0 Å². The van der Waals surface area contributed by atoms with Crippen molar-refractivity contribution < 1.29 is 4.79 Å². The Balaban J connectivity index is 1.59. The number of hydrogen-bond donors (Lipinski definition) is 1. The number of fused-ring (bicyclic) bond motifs is 2. The highest BCUT2D eigenvalue weighted by atomic mass is 16.1. The molecule has 110 valence electrons. The Morgan fingerprint density at radius 1 is 1.38 bits per heavy atom. The monoisotopic (exact) mass is 282 g/mol. The van der Waals surface area contributed by atoms with Gasteiger partial charge in [0.15, 0.2) is 5.78 Å². The Bertz CT molecular complexity index is 680. The van der Waals surface area contributed by atoms with E-state index < -0.39 is 0 Å². The van der Waals surface area contributed by atoms with Crippen LogP contribution < -0.4 is 5.73 Å². The summed E-state index contributed by atoms with van der Waals surface area (Å²) in [6, 6.07) is 6.35. The lowest BCUT2D eigenvalue weighted by molar-refractivity contribution is -0.216. The van der Waals surface area contributed by atoms with Crippen molar-refractivity contribution in [3.8, 4) is 0 Å². The van der Waals surface area contributed by atoms with Gasteiger partial charge in [-0.25, -0.2) is 0 Å². The Morgan fingerprint density at radius 3 is 2.86 bits per heavy atom. The lowest BCUT2D eigenvalue weighted by atomic mass is 9.37. The van der Waals surface area contributed by atoms with Crippen molar-refractivity contribution in [2.75, 3.05) is 18.8 Å². The second kappa shape index (κ2) is 3.35. The number of nitrogens with zero attached hydrogens (tertiary/aromatic N) is 1. The molecule has 2 N–H and O–H groups in total. The van der Waals surface area contributed by atoms with Crippen LogP contribution in [0.2, 0.25) is 0 Å². The highest BCUT2D eigenvalue weighted by molar-refractivity contribution is 6.10. The third kappa shape index (κ3) is 1.10. The number of piperidine rings is 1. The van der Waals surface area contributed by atoms with Gasteiger partial charge in [0.2, 0.25) is 0 Å². The Kier molecular flexibility index (Phi) is 1.95. The molecular weight excluding hydrogens is 260 g/mol. The Morgan fingerprint density at radius 2 is 2.14 bits per heavy atom. The van der Waals surface area contributed by atoms with Crippen LogP contribution >= 0.6 is 0 Å². The number of carbonyl (C=O) groups is 1. The fourth-order valence-electron chi connectivity index (χ4n) is 5.72. The molecule has 1 spiro atoms. The maximum atomic E-state index is 13.1. The van der Waals surface area contributed by atoms with Crippen LogP contribution in [0.4, 0.5) is 5.69 Å². The molecule has 3 fully saturated rings. The topological polar surface area (TPSA) is 46.3 Å². The standard InChI is InChI=1S/C18H22N2O/c1-10-15-18(9-20(15)8-11-3-4-11)16(21)13-6-5-12(19)7-14(13)17(10,18)2/h5-7,10-11,15H,3-4,8-9,19H2,1-2H3. The number of nitrogen functional groups attached to an aromatic ring is 1. The van der Waals surface area contributed by atoms with Gasteiger partial charge >= 0.3 is 0 Å². The first-order valence-electron chi connectivity index (χ1n) is 8.19. The van der Waals surface area contributed by atoms with Gasteiger partial charge in [-0.2, -0.15) is 0 Å². The second-order valence-corrected chi connectivity index (χ2v) is 7.91. The number of likely N-dealkylation sites (tertiary alicyclic amines) is 1. The van der Waals surface area contributed by atoms with Gasteiger partial charge in [0.05, 0.1) is 5.41 Å². The van der Waals surface area contributed by atoms with E-state index in [-0.39, 0.29) is 10.8 Å². The molecule has 21 heavy (non-hydrogen) atoms. The molecule has 4 aliphatic rings. The summed E-state index contributed by atoms with van der Waals surface area (Å²) < 4.78 is 0. The molecule has 1 aliphatic heterocycles. The van der Waals surface area contributed by atoms with Gasteiger partial charge in [-0.15, -0.1) is 0 Å². The lowest BCUT2D eigenvalue weighted by Gasteiger charge is -2.75. The molecule has 0 bridgehead atoms. The van der Waals surface area contributed by atoms with Gasteiger partial charge in [-0.1, -0.05) is 13.8 Å². The van der Waals surface area contributed by atoms with Gasteiger partial charge in [0, 0.05) is 35.8 Å². The number of benzene rings is 1. The predicted molar refractivity (Wildman–Crippen MR) is 82.2 cm³/mol. The second-order valence-electron chi connectivity index (χ2n) is 7.91. The zero-order chi connectivity index (χ0) is 14.6. The van der Waals surface area contributed by atoms with Gasteiger partial charge in [0.25, 0.3) is 0 Å². The average molecular weight is 282 g/mol. The van der Waals surface area contributed by atoms with E-state index in [1.807, 2.05) is 12.1 Å². The van der Waals surface area contributed by atoms with Crippen LogP contribution in [0.3, 0.4) is 0 Å². The van der Waals surface area contributed by atoms with Crippen molar-refractivity contribution >= 4 is 11.5 Å². The smallest absolute Gasteiger partial charge is 0.173 e. The molecule has 1 saturated heterocycles. The van der Waals surface area contributed by atoms with Crippen molar-refractivity contribution in [1.82, 2.24) is 4.90 Å². The third-order valence-electron chi connectivity index (χ3n) is 7.10. The molecule has 0 amide bonds. The minimum atomic E-state index is -0.141. The molecule has 3 heteroatoms.